The van der Waals surface area contributed by atoms with Crippen LogP contribution in [-0.4, -0.2) is 11.7 Å². The minimum atomic E-state index is -0.564. The average molecular weight is 391 g/mol. The van der Waals surface area contributed by atoms with Crippen molar-refractivity contribution >= 4 is 47.4 Å². The Morgan fingerprint density at radius 3 is 2.67 bits per heavy atom. The van der Waals surface area contributed by atoms with Gasteiger partial charge in [0.1, 0.15) is 11.6 Å². The summed E-state index contributed by atoms with van der Waals surface area (Å²) >= 11 is 7.11. The van der Waals surface area contributed by atoms with Gasteiger partial charge < -0.3 is 11.1 Å². The van der Waals surface area contributed by atoms with E-state index in [-0.39, 0.29) is 17.4 Å². The molecule has 1 unspecified atom stereocenters. The van der Waals surface area contributed by atoms with E-state index in [1.807, 2.05) is 0 Å². The molecule has 1 amide bonds. The molecule has 1 heterocycles. The summed E-state index contributed by atoms with van der Waals surface area (Å²) < 4.78 is 27.2. The fourth-order valence-corrected chi connectivity index (χ4v) is 3.94. The van der Waals surface area contributed by atoms with Gasteiger partial charge in [-0.2, -0.15) is 0 Å². The fourth-order valence-electron chi connectivity index (χ4n) is 2.46. The normalized spacial score (nSPS) is 16.1. The SMILES string of the molecule is Cl.NC1CCSc2c(C(=O)Nc3ccc(F)c(Cl)c3)ccc(F)c21. The van der Waals surface area contributed by atoms with E-state index in [9.17, 15) is 13.6 Å². The predicted octanol–water partition coefficient (Wildman–Crippen LogP) is 4.79. The summed E-state index contributed by atoms with van der Waals surface area (Å²) in [5.74, 6) is -0.655. The molecule has 0 saturated carbocycles. The van der Waals surface area contributed by atoms with Crippen LogP contribution in [0.25, 0.3) is 0 Å². The minimum Gasteiger partial charge on any atom is -0.324 e. The first-order valence-electron chi connectivity index (χ1n) is 6.94. The van der Waals surface area contributed by atoms with Gasteiger partial charge in [0.05, 0.1) is 10.6 Å². The quantitative estimate of drug-likeness (QED) is 0.774. The Balaban J connectivity index is 0.00000208. The van der Waals surface area contributed by atoms with Crippen LogP contribution in [0.1, 0.15) is 28.4 Å². The van der Waals surface area contributed by atoms with Crippen molar-refractivity contribution in [1.82, 2.24) is 0 Å². The molecule has 2 aromatic rings. The van der Waals surface area contributed by atoms with Crippen LogP contribution in [0.15, 0.2) is 35.2 Å². The van der Waals surface area contributed by atoms with Gasteiger partial charge in [-0.1, -0.05) is 11.6 Å². The van der Waals surface area contributed by atoms with E-state index < -0.39 is 23.6 Å². The molecule has 24 heavy (non-hydrogen) atoms. The van der Waals surface area contributed by atoms with Gasteiger partial charge >= 0.3 is 0 Å². The lowest BCUT2D eigenvalue weighted by Crippen LogP contribution is -2.21. The Hall–Kier alpha value is -1.34. The second-order valence-corrected chi connectivity index (χ2v) is 6.68. The maximum atomic E-state index is 14.0. The summed E-state index contributed by atoms with van der Waals surface area (Å²) in [5.41, 5.74) is 7.06. The molecule has 0 radical (unpaired) electrons. The monoisotopic (exact) mass is 390 g/mol. The number of nitrogens with one attached hydrogen (secondary N) is 1. The summed E-state index contributed by atoms with van der Waals surface area (Å²) in [4.78, 5) is 13.0. The number of halogens is 4. The maximum Gasteiger partial charge on any atom is 0.256 e. The molecule has 8 heteroatoms. The number of fused-ring (bicyclic) bond motifs is 1. The highest BCUT2D eigenvalue weighted by molar-refractivity contribution is 7.99. The number of amides is 1. The van der Waals surface area contributed by atoms with Gasteiger partial charge in [-0.3, -0.25) is 4.79 Å². The zero-order valence-corrected chi connectivity index (χ0v) is 14.7. The van der Waals surface area contributed by atoms with Gasteiger partial charge in [0.25, 0.3) is 5.91 Å². The lowest BCUT2D eigenvalue weighted by molar-refractivity contribution is 0.102. The zero-order valence-electron chi connectivity index (χ0n) is 12.3. The predicted molar refractivity (Wildman–Crippen MR) is 95.3 cm³/mol. The molecule has 1 aliphatic rings. The Morgan fingerprint density at radius 2 is 1.96 bits per heavy atom. The summed E-state index contributed by atoms with van der Waals surface area (Å²) in [7, 11) is 0. The van der Waals surface area contributed by atoms with Crippen LogP contribution in [0, 0.1) is 11.6 Å². The van der Waals surface area contributed by atoms with Crippen molar-refractivity contribution in [3.8, 4) is 0 Å². The number of thioether (sulfide) groups is 1. The van der Waals surface area contributed by atoms with Gasteiger partial charge in [0.15, 0.2) is 0 Å². The van der Waals surface area contributed by atoms with Crippen LogP contribution in [0.5, 0.6) is 0 Å². The van der Waals surface area contributed by atoms with Crippen molar-refractivity contribution < 1.29 is 13.6 Å². The molecule has 0 aromatic heterocycles. The summed E-state index contributed by atoms with van der Waals surface area (Å²) in [6, 6.07) is 6.16. The minimum absolute atomic E-state index is 0. The molecule has 1 atom stereocenters. The van der Waals surface area contributed by atoms with Crippen LogP contribution >= 0.6 is 35.8 Å². The number of nitrogens with two attached hydrogens (primary N) is 1. The van der Waals surface area contributed by atoms with Gasteiger partial charge in [0.2, 0.25) is 0 Å². The third kappa shape index (κ3) is 3.67. The molecule has 0 saturated heterocycles. The number of rotatable bonds is 2. The van der Waals surface area contributed by atoms with Crippen molar-refractivity contribution in [3.05, 3.63) is 58.1 Å². The van der Waals surface area contributed by atoms with Crippen LogP contribution in [0.3, 0.4) is 0 Å². The Morgan fingerprint density at radius 1 is 1.25 bits per heavy atom. The molecule has 3 N–H and O–H groups in total. The van der Waals surface area contributed by atoms with Gasteiger partial charge in [-0.05, 0) is 42.5 Å². The molecule has 2 aromatic carbocycles. The fraction of sp³-hybridized carbons (Fsp3) is 0.188. The van der Waals surface area contributed by atoms with Crippen molar-refractivity contribution in [2.45, 2.75) is 17.4 Å². The number of benzene rings is 2. The number of hydrogen-bond acceptors (Lipinski definition) is 3. The Bertz CT molecular complexity index is 789. The molecule has 3 rings (SSSR count). The van der Waals surface area contributed by atoms with E-state index in [0.717, 1.165) is 5.75 Å². The smallest absolute Gasteiger partial charge is 0.256 e. The maximum absolute atomic E-state index is 14.0. The molecular formula is C16H14Cl2F2N2OS. The first-order chi connectivity index (χ1) is 11.0. The van der Waals surface area contributed by atoms with Crippen LogP contribution in [0.2, 0.25) is 5.02 Å². The highest BCUT2D eigenvalue weighted by Crippen LogP contribution is 2.39. The number of carbonyl (C=O) groups is 1. The van der Waals surface area contributed by atoms with E-state index in [4.69, 9.17) is 17.3 Å². The summed E-state index contributed by atoms with van der Waals surface area (Å²) in [5, 5.41) is 2.56. The topological polar surface area (TPSA) is 55.1 Å². The summed E-state index contributed by atoms with van der Waals surface area (Å²) in [6.45, 7) is 0. The van der Waals surface area contributed by atoms with Crippen LogP contribution in [-0.2, 0) is 0 Å². The lowest BCUT2D eigenvalue weighted by Gasteiger charge is -2.24. The number of hydrogen-bond donors (Lipinski definition) is 2. The van der Waals surface area contributed by atoms with Gasteiger partial charge in [0, 0.05) is 22.2 Å². The first-order valence-corrected chi connectivity index (χ1v) is 8.31. The number of carbonyl (C=O) groups excluding carboxylic acids is 1. The first kappa shape index (κ1) is 19.0. The highest BCUT2D eigenvalue weighted by Gasteiger charge is 2.26. The Labute approximate surface area is 153 Å². The highest BCUT2D eigenvalue weighted by atomic mass is 35.5. The number of anilines is 1. The summed E-state index contributed by atoms with van der Waals surface area (Å²) in [6.07, 6.45) is 0.660. The largest absolute Gasteiger partial charge is 0.324 e. The van der Waals surface area contributed by atoms with Gasteiger partial charge in [-0.15, -0.1) is 24.2 Å². The lowest BCUT2D eigenvalue weighted by atomic mass is 10.0. The van der Waals surface area contributed by atoms with Crippen LogP contribution < -0.4 is 11.1 Å². The third-order valence-corrected chi connectivity index (χ3v) is 5.07. The second kappa shape index (κ2) is 7.70. The Kier molecular flexibility index (Phi) is 6.09. The molecule has 0 fully saturated rings. The van der Waals surface area contributed by atoms with E-state index in [1.165, 1.54) is 42.1 Å². The third-order valence-electron chi connectivity index (χ3n) is 3.61. The van der Waals surface area contributed by atoms with Crippen molar-refractivity contribution in [2.24, 2.45) is 5.73 Å². The molecule has 0 aliphatic carbocycles. The molecule has 0 spiro atoms. The van der Waals surface area contributed by atoms with E-state index >= 15 is 0 Å². The van der Waals surface area contributed by atoms with Crippen molar-refractivity contribution in [3.63, 3.8) is 0 Å². The molecule has 3 nitrogen and oxygen atoms in total. The average Bonchev–Trinajstić information content (AvgIpc) is 2.51. The standard InChI is InChI=1S/C16H13ClF2N2OS.ClH/c17-10-7-8(1-3-11(10)18)21-16(22)9-2-4-12(19)14-13(20)5-6-23-15(9)14;/h1-4,7,13H,5-6,20H2,(H,21,22);1H. The van der Waals surface area contributed by atoms with Crippen molar-refractivity contribution in [1.29, 1.82) is 0 Å². The zero-order chi connectivity index (χ0) is 16.6. The van der Waals surface area contributed by atoms with Crippen molar-refractivity contribution in [2.75, 3.05) is 11.1 Å². The second-order valence-electron chi connectivity index (χ2n) is 5.16. The van der Waals surface area contributed by atoms with Gasteiger partial charge in [-0.25, -0.2) is 8.78 Å². The van der Waals surface area contributed by atoms with E-state index in [2.05, 4.69) is 5.32 Å². The molecule has 1 aliphatic heterocycles. The molecule has 128 valence electrons. The molecular weight excluding hydrogens is 377 g/mol. The van der Waals surface area contributed by atoms with E-state index in [1.54, 1.807) is 0 Å². The van der Waals surface area contributed by atoms with E-state index in [0.29, 0.717) is 28.1 Å². The molecule has 0 bridgehead atoms. The van der Waals surface area contributed by atoms with Crippen LogP contribution in [0.4, 0.5) is 14.5 Å².